The lowest BCUT2D eigenvalue weighted by Gasteiger charge is -2.05. The van der Waals surface area contributed by atoms with Gasteiger partial charge < -0.3 is 14.5 Å². The number of ether oxygens (including phenoxy) is 1. The van der Waals surface area contributed by atoms with Crippen LogP contribution in [0.15, 0.2) is 47.3 Å². The van der Waals surface area contributed by atoms with Crippen LogP contribution in [0.2, 0.25) is 0 Å². The van der Waals surface area contributed by atoms with Crippen LogP contribution in [0.3, 0.4) is 0 Å². The number of carbonyl (C=O) groups excluding carboxylic acids is 2. The minimum atomic E-state index is -0.664. The second kappa shape index (κ2) is 5.81. The first-order valence-electron chi connectivity index (χ1n) is 5.40. The molecule has 5 nitrogen and oxygen atoms in total. The topological polar surface area (TPSA) is 68.5 Å². The molecule has 0 radical (unpaired) electrons. The second-order valence-electron chi connectivity index (χ2n) is 3.65. The monoisotopic (exact) mass is 263 g/mol. The van der Waals surface area contributed by atoms with E-state index in [1.54, 1.807) is 0 Å². The summed E-state index contributed by atoms with van der Waals surface area (Å²) < 4.78 is 22.3. The molecule has 2 rings (SSSR count). The van der Waals surface area contributed by atoms with Crippen molar-refractivity contribution in [3.05, 3.63) is 54.2 Å². The highest BCUT2D eigenvalue weighted by Gasteiger charge is 2.11. The SMILES string of the molecule is O=C(COC(=O)c1ccoc1)Nc1cccc(F)c1. The Labute approximate surface area is 108 Å². The smallest absolute Gasteiger partial charge is 0.341 e. The van der Waals surface area contributed by atoms with E-state index in [9.17, 15) is 14.0 Å². The van der Waals surface area contributed by atoms with Crippen LogP contribution < -0.4 is 5.32 Å². The number of hydrogen-bond acceptors (Lipinski definition) is 4. The quantitative estimate of drug-likeness (QED) is 0.859. The first kappa shape index (κ1) is 12.8. The van der Waals surface area contributed by atoms with Gasteiger partial charge in [0.05, 0.1) is 11.8 Å². The summed E-state index contributed by atoms with van der Waals surface area (Å²) in [6.07, 6.45) is 2.54. The number of halogens is 1. The molecular formula is C13H10FNO4. The molecule has 1 aromatic heterocycles. The third-order valence-corrected chi connectivity index (χ3v) is 2.20. The lowest BCUT2D eigenvalue weighted by atomic mass is 10.3. The van der Waals surface area contributed by atoms with Crippen molar-refractivity contribution in [2.75, 3.05) is 11.9 Å². The molecule has 0 fully saturated rings. The molecular weight excluding hydrogens is 253 g/mol. The molecule has 0 saturated carbocycles. The molecule has 0 bridgehead atoms. The van der Waals surface area contributed by atoms with Crippen LogP contribution >= 0.6 is 0 Å². The van der Waals surface area contributed by atoms with Crippen molar-refractivity contribution in [1.29, 1.82) is 0 Å². The largest absolute Gasteiger partial charge is 0.472 e. The second-order valence-corrected chi connectivity index (χ2v) is 3.65. The van der Waals surface area contributed by atoms with E-state index in [4.69, 9.17) is 9.15 Å². The molecule has 0 aliphatic rings. The Morgan fingerprint density at radius 1 is 1.32 bits per heavy atom. The summed E-state index contributed by atoms with van der Waals surface area (Å²) >= 11 is 0. The molecule has 19 heavy (non-hydrogen) atoms. The van der Waals surface area contributed by atoms with Gasteiger partial charge >= 0.3 is 5.97 Å². The number of furan rings is 1. The average Bonchev–Trinajstić information content (AvgIpc) is 2.90. The summed E-state index contributed by atoms with van der Waals surface area (Å²) in [6.45, 7) is -0.458. The summed E-state index contributed by atoms with van der Waals surface area (Å²) in [5.41, 5.74) is 0.517. The highest BCUT2D eigenvalue weighted by atomic mass is 19.1. The van der Waals surface area contributed by atoms with E-state index in [0.717, 1.165) is 6.07 Å². The molecule has 0 spiro atoms. The first-order valence-corrected chi connectivity index (χ1v) is 5.40. The van der Waals surface area contributed by atoms with E-state index >= 15 is 0 Å². The molecule has 0 aliphatic heterocycles. The zero-order valence-electron chi connectivity index (χ0n) is 9.76. The number of anilines is 1. The summed E-state index contributed by atoms with van der Waals surface area (Å²) in [5.74, 6) is -1.68. The predicted octanol–water partition coefficient (Wildman–Crippen LogP) is 2.21. The summed E-state index contributed by atoms with van der Waals surface area (Å²) in [6, 6.07) is 6.83. The van der Waals surface area contributed by atoms with E-state index in [0.29, 0.717) is 5.69 Å². The molecule has 0 atom stereocenters. The van der Waals surface area contributed by atoms with Crippen molar-refractivity contribution in [3.8, 4) is 0 Å². The number of benzene rings is 1. The molecule has 98 valence electrons. The number of esters is 1. The summed E-state index contributed by atoms with van der Waals surface area (Å²) in [7, 11) is 0. The van der Waals surface area contributed by atoms with Crippen LogP contribution in [-0.2, 0) is 9.53 Å². The molecule has 0 aliphatic carbocycles. The third kappa shape index (κ3) is 3.67. The fourth-order valence-corrected chi connectivity index (χ4v) is 1.36. The van der Waals surface area contributed by atoms with Crippen molar-refractivity contribution in [2.45, 2.75) is 0 Å². The lowest BCUT2D eigenvalue weighted by Crippen LogP contribution is -2.20. The van der Waals surface area contributed by atoms with Gasteiger partial charge in [-0.25, -0.2) is 9.18 Å². The molecule has 1 aromatic carbocycles. The molecule has 1 amide bonds. The van der Waals surface area contributed by atoms with E-state index in [1.807, 2.05) is 0 Å². The highest BCUT2D eigenvalue weighted by Crippen LogP contribution is 2.09. The van der Waals surface area contributed by atoms with Gasteiger partial charge in [-0.1, -0.05) is 6.07 Å². The number of hydrogen-bond donors (Lipinski definition) is 1. The molecule has 0 saturated heterocycles. The van der Waals surface area contributed by atoms with E-state index in [2.05, 4.69) is 5.32 Å². The van der Waals surface area contributed by atoms with Gasteiger partial charge in [0.2, 0.25) is 0 Å². The van der Waals surface area contributed by atoms with E-state index in [1.165, 1.54) is 36.8 Å². The maximum atomic E-state index is 12.9. The number of carbonyl (C=O) groups is 2. The fourth-order valence-electron chi connectivity index (χ4n) is 1.36. The Kier molecular flexibility index (Phi) is 3.92. The van der Waals surface area contributed by atoms with Gasteiger partial charge in [-0.15, -0.1) is 0 Å². The van der Waals surface area contributed by atoms with E-state index < -0.39 is 24.3 Å². The molecule has 1 heterocycles. The van der Waals surface area contributed by atoms with Gasteiger partial charge in [0.15, 0.2) is 6.61 Å². The van der Waals surface area contributed by atoms with Crippen molar-refractivity contribution < 1.29 is 23.1 Å². The van der Waals surface area contributed by atoms with Crippen LogP contribution in [0.1, 0.15) is 10.4 Å². The Morgan fingerprint density at radius 3 is 2.84 bits per heavy atom. The minimum absolute atomic E-state index is 0.221. The van der Waals surface area contributed by atoms with Crippen molar-refractivity contribution in [2.24, 2.45) is 0 Å². The van der Waals surface area contributed by atoms with Crippen LogP contribution in [0.4, 0.5) is 10.1 Å². The van der Waals surface area contributed by atoms with Crippen LogP contribution in [0.25, 0.3) is 0 Å². The standard InChI is InChI=1S/C13H10FNO4/c14-10-2-1-3-11(6-10)15-12(16)8-19-13(17)9-4-5-18-7-9/h1-7H,8H2,(H,15,16). The molecule has 0 unspecified atom stereocenters. The van der Waals surface area contributed by atoms with Gasteiger partial charge in [-0.3, -0.25) is 4.79 Å². The van der Waals surface area contributed by atoms with E-state index in [-0.39, 0.29) is 5.56 Å². The number of rotatable bonds is 4. The normalized spacial score (nSPS) is 9.95. The molecule has 1 N–H and O–H groups in total. The Bertz CT molecular complexity index is 580. The predicted molar refractivity (Wildman–Crippen MR) is 64.0 cm³/mol. The van der Waals surface area contributed by atoms with Crippen LogP contribution in [0, 0.1) is 5.82 Å². The first-order chi connectivity index (χ1) is 9.15. The fraction of sp³-hybridized carbons (Fsp3) is 0.0769. The highest BCUT2D eigenvalue weighted by molar-refractivity contribution is 5.95. The van der Waals surface area contributed by atoms with Gasteiger partial charge in [0, 0.05) is 5.69 Å². The van der Waals surface area contributed by atoms with Crippen LogP contribution in [-0.4, -0.2) is 18.5 Å². The average molecular weight is 263 g/mol. The summed E-state index contributed by atoms with van der Waals surface area (Å²) in [4.78, 5) is 22.9. The van der Waals surface area contributed by atoms with Gasteiger partial charge in [0.1, 0.15) is 12.1 Å². The summed E-state index contributed by atoms with van der Waals surface area (Å²) in [5, 5.41) is 2.40. The van der Waals surface area contributed by atoms with Crippen LogP contribution in [0.5, 0.6) is 0 Å². The molecule has 2 aromatic rings. The van der Waals surface area contributed by atoms with Gasteiger partial charge in [-0.2, -0.15) is 0 Å². The zero-order chi connectivity index (χ0) is 13.7. The third-order valence-electron chi connectivity index (χ3n) is 2.20. The number of amides is 1. The minimum Gasteiger partial charge on any atom is -0.472 e. The Balaban J connectivity index is 1.83. The van der Waals surface area contributed by atoms with Gasteiger partial charge in [-0.05, 0) is 24.3 Å². The van der Waals surface area contributed by atoms with Crippen molar-refractivity contribution in [1.82, 2.24) is 0 Å². The van der Waals surface area contributed by atoms with Gasteiger partial charge in [0.25, 0.3) is 5.91 Å². The van der Waals surface area contributed by atoms with Crippen molar-refractivity contribution in [3.63, 3.8) is 0 Å². The Hall–Kier alpha value is -2.63. The zero-order valence-corrected chi connectivity index (χ0v) is 9.76. The lowest BCUT2D eigenvalue weighted by molar-refractivity contribution is -0.119. The maximum absolute atomic E-state index is 12.9. The Morgan fingerprint density at radius 2 is 2.16 bits per heavy atom. The maximum Gasteiger partial charge on any atom is 0.341 e. The number of nitrogens with one attached hydrogen (secondary N) is 1. The van der Waals surface area contributed by atoms with Crippen molar-refractivity contribution >= 4 is 17.6 Å². The molecule has 6 heteroatoms.